The summed E-state index contributed by atoms with van der Waals surface area (Å²) in [6, 6.07) is 14.0. The van der Waals surface area contributed by atoms with Crippen molar-refractivity contribution in [3.8, 4) is 16.9 Å². The Kier molecular flexibility index (Phi) is 6.56. The molecule has 0 radical (unpaired) electrons. The molecule has 1 saturated carbocycles. The first-order valence-electron chi connectivity index (χ1n) is 12.5. The van der Waals surface area contributed by atoms with E-state index in [4.69, 9.17) is 9.47 Å². The maximum atomic E-state index is 5.39. The van der Waals surface area contributed by atoms with Crippen molar-refractivity contribution in [1.29, 1.82) is 0 Å². The summed E-state index contributed by atoms with van der Waals surface area (Å²) < 4.78 is 10.7. The first-order valence-corrected chi connectivity index (χ1v) is 13.4. The van der Waals surface area contributed by atoms with Gasteiger partial charge in [0.25, 0.3) is 0 Å². The topological polar surface area (TPSA) is 72.4 Å². The van der Waals surface area contributed by atoms with E-state index in [-0.39, 0.29) is 0 Å². The van der Waals surface area contributed by atoms with E-state index in [2.05, 4.69) is 62.5 Å². The van der Waals surface area contributed by atoms with Crippen LogP contribution in [0.3, 0.4) is 0 Å². The standard InChI is InChI=1S/C28H31N5O2S/c1-33(27-25-11-26(21-15-35-16-21)36-28(25)32-17-31-27)23-8-7-22(10-23)30-12-18-3-5-19(6-4-18)20-9-24(34-2)14-29-13-20/h3-6,9,11,13-14,17,21-23,30H,7-8,10,12,15-16H2,1-2H3. The number of fused-ring (bicyclic) bond motifs is 1. The number of ether oxygens (including phenoxy) is 2. The number of pyridine rings is 1. The van der Waals surface area contributed by atoms with Crippen LogP contribution in [0.25, 0.3) is 21.3 Å². The van der Waals surface area contributed by atoms with Gasteiger partial charge in [0.2, 0.25) is 0 Å². The fourth-order valence-corrected chi connectivity index (χ4v) is 6.24. The van der Waals surface area contributed by atoms with Gasteiger partial charge >= 0.3 is 0 Å². The van der Waals surface area contributed by atoms with Gasteiger partial charge < -0.3 is 19.7 Å². The summed E-state index contributed by atoms with van der Waals surface area (Å²) >= 11 is 1.78. The summed E-state index contributed by atoms with van der Waals surface area (Å²) in [4.78, 5) is 18.3. The van der Waals surface area contributed by atoms with E-state index >= 15 is 0 Å². The van der Waals surface area contributed by atoms with E-state index in [1.165, 1.54) is 22.2 Å². The second-order valence-electron chi connectivity index (χ2n) is 9.77. The zero-order valence-electron chi connectivity index (χ0n) is 20.7. The molecular weight excluding hydrogens is 470 g/mol. The lowest BCUT2D eigenvalue weighted by Gasteiger charge is -2.26. The van der Waals surface area contributed by atoms with Gasteiger partial charge in [0.05, 0.1) is 31.9 Å². The molecule has 2 unspecified atom stereocenters. The van der Waals surface area contributed by atoms with E-state index in [0.717, 1.165) is 60.1 Å². The van der Waals surface area contributed by atoms with Crippen LogP contribution >= 0.6 is 11.3 Å². The number of hydrogen-bond acceptors (Lipinski definition) is 8. The first kappa shape index (κ1) is 23.3. The molecule has 3 aromatic heterocycles. The van der Waals surface area contributed by atoms with Crippen molar-refractivity contribution < 1.29 is 9.47 Å². The van der Waals surface area contributed by atoms with Gasteiger partial charge in [-0.25, -0.2) is 9.97 Å². The van der Waals surface area contributed by atoms with Crippen molar-refractivity contribution in [2.45, 2.75) is 43.8 Å². The molecule has 4 heterocycles. The molecule has 186 valence electrons. The lowest BCUT2D eigenvalue weighted by Crippen LogP contribution is -2.33. The molecule has 2 atom stereocenters. The van der Waals surface area contributed by atoms with Gasteiger partial charge in [-0.1, -0.05) is 24.3 Å². The molecule has 1 aliphatic heterocycles. The summed E-state index contributed by atoms with van der Waals surface area (Å²) in [7, 11) is 3.85. The monoisotopic (exact) mass is 501 g/mol. The lowest BCUT2D eigenvalue weighted by atomic mass is 10.1. The van der Waals surface area contributed by atoms with Gasteiger partial charge in [0.15, 0.2) is 0 Å². The molecule has 1 aliphatic carbocycles. The second-order valence-corrected chi connectivity index (χ2v) is 10.8. The summed E-state index contributed by atoms with van der Waals surface area (Å²) in [5, 5.41) is 4.96. The van der Waals surface area contributed by atoms with Crippen LogP contribution in [0, 0.1) is 0 Å². The Bertz CT molecular complexity index is 1340. The zero-order chi connectivity index (χ0) is 24.5. The van der Waals surface area contributed by atoms with Crippen molar-refractivity contribution in [2.75, 3.05) is 32.3 Å². The molecule has 7 nitrogen and oxygen atoms in total. The van der Waals surface area contributed by atoms with Crippen LogP contribution < -0.4 is 15.0 Å². The van der Waals surface area contributed by atoms with Gasteiger partial charge in [0.1, 0.15) is 22.7 Å². The fourth-order valence-electron chi connectivity index (χ4n) is 5.18. The third-order valence-electron chi connectivity index (χ3n) is 7.49. The summed E-state index contributed by atoms with van der Waals surface area (Å²) in [6.45, 7) is 2.51. The Hall–Kier alpha value is -3.07. The van der Waals surface area contributed by atoms with Crippen molar-refractivity contribution in [2.24, 2.45) is 0 Å². The molecule has 6 rings (SSSR count). The predicted molar refractivity (Wildman–Crippen MR) is 144 cm³/mol. The van der Waals surface area contributed by atoms with Gasteiger partial charge in [-0.05, 0) is 42.5 Å². The number of hydrogen-bond donors (Lipinski definition) is 1. The van der Waals surface area contributed by atoms with Gasteiger partial charge in [-0.15, -0.1) is 11.3 Å². The maximum absolute atomic E-state index is 5.39. The maximum Gasteiger partial charge on any atom is 0.140 e. The average molecular weight is 502 g/mol. The highest BCUT2D eigenvalue weighted by Crippen LogP contribution is 2.38. The second kappa shape index (κ2) is 10.1. The Morgan fingerprint density at radius 2 is 1.94 bits per heavy atom. The molecule has 0 amide bonds. The van der Waals surface area contributed by atoms with Crippen molar-refractivity contribution in [1.82, 2.24) is 20.3 Å². The van der Waals surface area contributed by atoms with E-state index in [1.807, 2.05) is 12.3 Å². The van der Waals surface area contributed by atoms with Crippen molar-refractivity contribution >= 4 is 27.4 Å². The Morgan fingerprint density at radius 3 is 2.72 bits per heavy atom. The predicted octanol–water partition coefficient (Wildman–Crippen LogP) is 5.02. The van der Waals surface area contributed by atoms with E-state index < -0.39 is 0 Å². The normalized spacial score (nSPS) is 19.9. The highest BCUT2D eigenvalue weighted by atomic mass is 32.1. The minimum Gasteiger partial charge on any atom is -0.495 e. The molecule has 1 saturated heterocycles. The first-order chi connectivity index (χ1) is 17.7. The summed E-state index contributed by atoms with van der Waals surface area (Å²) in [6.07, 6.45) is 8.75. The van der Waals surface area contributed by atoms with Crippen molar-refractivity contribution in [3.05, 3.63) is 65.6 Å². The van der Waals surface area contributed by atoms with Crippen LogP contribution in [-0.4, -0.2) is 54.4 Å². The largest absolute Gasteiger partial charge is 0.495 e. The Morgan fingerprint density at radius 1 is 1.08 bits per heavy atom. The molecule has 1 aromatic carbocycles. The van der Waals surface area contributed by atoms with E-state index in [0.29, 0.717) is 18.0 Å². The van der Waals surface area contributed by atoms with Crippen LogP contribution in [0.1, 0.15) is 35.6 Å². The smallest absolute Gasteiger partial charge is 0.140 e. The van der Waals surface area contributed by atoms with Crippen LogP contribution in [0.4, 0.5) is 5.82 Å². The van der Waals surface area contributed by atoms with E-state index in [1.54, 1.807) is 31.0 Å². The molecule has 8 heteroatoms. The average Bonchev–Trinajstić information content (AvgIpc) is 3.53. The third kappa shape index (κ3) is 4.68. The molecule has 1 N–H and O–H groups in total. The van der Waals surface area contributed by atoms with Crippen LogP contribution in [0.5, 0.6) is 5.75 Å². The molecular formula is C28H31N5O2S. The lowest BCUT2D eigenvalue weighted by molar-refractivity contribution is 0.00991. The van der Waals surface area contributed by atoms with Crippen LogP contribution in [-0.2, 0) is 11.3 Å². The van der Waals surface area contributed by atoms with Gasteiger partial charge in [-0.3, -0.25) is 4.98 Å². The molecule has 36 heavy (non-hydrogen) atoms. The van der Waals surface area contributed by atoms with Crippen LogP contribution in [0.15, 0.2) is 55.1 Å². The van der Waals surface area contributed by atoms with Gasteiger partial charge in [0, 0.05) is 48.2 Å². The number of nitrogens with one attached hydrogen (secondary N) is 1. The molecule has 0 bridgehead atoms. The molecule has 4 aromatic rings. The quantitative estimate of drug-likeness (QED) is 0.363. The number of rotatable bonds is 8. The number of methoxy groups -OCH3 is 1. The van der Waals surface area contributed by atoms with E-state index in [9.17, 15) is 0 Å². The zero-order valence-corrected chi connectivity index (χ0v) is 21.5. The number of benzene rings is 1. The van der Waals surface area contributed by atoms with Gasteiger partial charge in [-0.2, -0.15) is 0 Å². The number of anilines is 1. The SMILES string of the molecule is COc1cncc(-c2ccc(CNC3CCC(N(C)c4ncnc5sc(C6COC6)cc45)C3)cc2)c1. The number of thiophene rings is 1. The van der Waals surface area contributed by atoms with Crippen LogP contribution in [0.2, 0.25) is 0 Å². The number of nitrogens with zero attached hydrogens (tertiary/aromatic N) is 4. The molecule has 2 aliphatic rings. The summed E-state index contributed by atoms with van der Waals surface area (Å²) in [5.41, 5.74) is 3.49. The fraction of sp³-hybridized carbons (Fsp3) is 0.393. The third-order valence-corrected chi connectivity index (χ3v) is 8.69. The Balaban J connectivity index is 1.07. The minimum atomic E-state index is 0.471. The summed E-state index contributed by atoms with van der Waals surface area (Å²) in [5.74, 6) is 2.34. The highest BCUT2D eigenvalue weighted by molar-refractivity contribution is 7.18. The number of aromatic nitrogens is 3. The molecule has 2 fully saturated rings. The highest BCUT2D eigenvalue weighted by Gasteiger charge is 2.30. The van der Waals surface area contributed by atoms with Crippen molar-refractivity contribution in [3.63, 3.8) is 0 Å². The Labute approximate surface area is 215 Å². The molecule has 0 spiro atoms. The minimum absolute atomic E-state index is 0.471.